The van der Waals surface area contributed by atoms with Gasteiger partial charge in [-0.1, -0.05) is 27.7 Å². The van der Waals surface area contributed by atoms with E-state index in [2.05, 4.69) is 38.4 Å². The topological polar surface area (TPSA) is 43.4 Å². The number of rotatable bonds is 10. The Morgan fingerprint density at radius 2 is 2.10 bits per heavy atom. The van der Waals surface area contributed by atoms with Crippen LogP contribution < -0.4 is 5.32 Å². The summed E-state index contributed by atoms with van der Waals surface area (Å²) in [6.45, 7) is 11.8. The van der Waals surface area contributed by atoms with Gasteiger partial charge in [-0.05, 0) is 13.0 Å². The van der Waals surface area contributed by atoms with Gasteiger partial charge in [0.05, 0.1) is 30.5 Å². The van der Waals surface area contributed by atoms with Gasteiger partial charge in [0.25, 0.3) is 0 Å². The maximum Gasteiger partial charge on any atom is 0.0944 e. The molecule has 1 unspecified atom stereocenters. The van der Waals surface area contributed by atoms with E-state index >= 15 is 0 Å². The predicted octanol–water partition coefficient (Wildman–Crippen LogP) is 3.01. The molecule has 0 fully saturated rings. The van der Waals surface area contributed by atoms with E-state index in [1.165, 1.54) is 10.7 Å². The second-order valence-electron chi connectivity index (χ2n) is 6.30. The van der Waals surface area contributed by atoms with Crippen LogP contribution in [0.1, 0.15) is 44.8 Å². The molecule has 0 aliphatic rings. The van der Waals surface area contributed by atoms with Crippen LogP contribution >= 0.6 is 11.3 Å². The Labute approximate surface area is 133 Å². The summed E-state index contributed by atoms with van der Waals surface area (Å²) >= 11 is 1.75. The molecule has 0 saturated carbocycles. The molecule has 1 N–H and O–H groups in total. The van der Waals surface area contributed by atoms with Crippen molar-refractivity contribution in [2.24, 2.45) is 0 Å². The van der Waals surface area contributed by atoms with Crippen LogP contribution in [0.4, 0.5) is 0 Å². The lowest BCUT2D eigenvalue weighted by atomic mass is 9.93. The highest BCUT2D eigenvalue weighted by Crippen LogP contribution is 2.24. The van der Waals surface area contributed by atoms with Gasteiger partial charge in [0.15, 0.2) is 0 Å². The summed E-state index contributed by atoms with van der Waals surface area (Å²) in [6.07, 6.45) is 2.05. The molecule has 5 heteroatoms. The molecule has 4 nitrogen and oxygen atoms in total. The summed E-state index contributed by atoms with van der Waals surface area (Å²) in [4.78, 5) is 4.77. The van der Waals surface area contributed by atoms with E-state index in [0.717, 1.165) is 19.4 Å². The maximum atomic E-state index is 5.67. The quantitative estimate of drug-likeness (QED) is 0.674. The number of nitrogens with zero attached hydrogens (tertiary/aromatic N) is 1. The zero-order valence-electron chi connectivity index (χ0n) is 14.1. The molecule has 1 atom stereocenters. The number of ether oxygens (including phenoxy) is 2. The van der Waals surface area contributed by atoms with Crippen LogP contribution in [0, 0.1) is 0 Å². The smallest absolute Gasteiger partial charge is 0.0944 e. The van der Waals surface area contributed by atoms with Crippen LogP contribution in [0.3, 0.4) is 0 Å². The second-order valence-corrected chi connectivity index (χ2v) is 7.24. The zero-order valence-corrected chi connectivity index (χ0v) is 14.9. The van der Waals surface area contributed by atoms with Crippen molar-refractivity contribution in [3.8, 4) is 0 Å². The third kappa shape index (κ3) is 7.36. The van der Waals surface area contributed by atoms with Gasteiger partial charge < -0.3 is 14.8 Å². The van der Waals surface area contributed by atoms with Gasteiger partial charge in [0.1, 0.15) is 0 Å². The van der Waals surface area contributed by atoms with Crippen LogP contribution in [0.5, 0.6) is 0 Å². The Kier molecular flexibility index (Phi) is 8.41. The Hall–Kier alpha value is -0.490. The largest absolute Gasteiger partial charge is 0.382 e. The summed E-state index contributed by atoms with van der Waals surface area (Å²) in [7, 11) is 1.69. The van der Waals surface area contributed by atoms with Crippen molar-refractivity contribution < 1.29 is 9.47 Å². The van der Waals surface area contributed by atoms with Gasteiger partial charge in [-0.3, -0.25) is 0 Å². The summed E-state index contributed by atoms with van der Waals surface area (Å²) in [6, 6.07) is 0.320. The van der Waals surface area contributed by atoms with Gasteiger partial charge >= 0.3 is 0 Å². The van der Waals surface area contributed by atoms with Gasteiger partial charge in [0, 0.05) is 30.4 Å². The van der Waals surface area contributed by atoms with Crippen molar-refractivity contribution in [1.82, 2.24) is 10.3 Å². The highest BCUT2D eigenvalue weighted by atomic mass is 32.1. The average Bonchev–Trinajstić information content (AvgIpc) is 2.89. The first-order valence-corrected chi connectivity index (χ1v) is 8.60. The lowest BCUT2D eigenvalue weighted by molar-refractivity contribution is 0.0587. The van der Waals surface area contributed by atoms with Crippen molar-refractivity contribution in [1.29, 1.82) is 0 Å². The van der Waals surface area contributed by atoms with Gasteiger partial charge in [-0.25, -0.2) is 4.98 Å². The van der Waals surface area contributed by atoms with E-state index in [-0.39, 0.29) is 5.41 Å². The van der Waals surface area contributed by atoms with Crippen molar-refractivity contribution in [3.63, 3.8) is 0 Å². The molecule has 0 bridgehead atoms. The minimum atomic E-state index is 0.121. The first-order valence-electron chi connectivity index (χ1n) is 7.72. The molecule has 1 rings (SSSR count). The summed E-state index contributed by atoms with van der Waals surface area (Å²) in [5.41, 5.74) is 1.30. The van der Waals surface area contributed by atoms with E-state index in [1.54, 1.807) is 18.4 Å². The number of thiazole rings is 1. The normalized spacial score (nSPS) is 13.6. The lowest BCUT2D eigenvalue weighted by Gasteiger charge is -2.18. The fourth-order valence-electron chi connectivity index (χ4n) is 1.87. The molecule has 0 aliphatic carbocycles. The fourth-order valence-corrected chi connectivity index (χ4v) is 2.97. The third-order valence-corrected chi connectivity index (χ3v) is 4.05. The minimum absolute atomic E-state index is 0.121. The van der Waals surface area contributed by atoms with E-state index < -0.39 is 0 Å². The van der Waals surface area contributed by atoms with Crippen molar-refractivity contribution in [2.45, 2.75) is 52.0 Å². The van der Waals surface area contributed by atoms with E-state index in [9.17, 15) is 0 Å². The molecule has 0 aromatic carbocycles. The van der Waals surface area contributed by atoms with Crippen LogP contribution in [-0.2, 0) is 21.3 Å². The Balaban J connectivity index is 2.52. The summed E-state index contributed by atoms with van der Waals surface area (Å²) in [5.74, 6) is 0. The standard InChI is InChI=1S/C16H30N2O2S/c1-6-7-17-13(11-20-9-8-19-5)10-15-18-14(12-21-15)16(2,3)4/h12-13,17H,6-11H2,1-5H3. The van der Waals surface area contributed by atoms with Crippen LogP contribution in [0.25, 0.3) is 0 Å². The maximum absolute atomic E-state index is 5.67. The number of aromatic nitrogens is 1. The molecule has 0 amide bonds. The molecule has 122 valence electrons. The molecule has 1 aromatic rings. The predicted molar refractivity (Wildman–Crippen MR) is 89.3 cm³/mol. The first-order chi connectivity index (χ1) is 9.97. The molecule has 21 heavy (non-hydrogen) atoms. The SMILES string of the molecule is CCCNC(COCCOC)Cc1nc(C(C)(C)C)cs1. The number of hydrogen-bond donors (Lipinski definition) is 1. The Morgan fingerprint density at radius 1 is 1.33 bits per heavy atom. The molecule has 0 spiro atoms. The summed E-state index contributed by atoms with van der Waals surface area (Å²) in [5, 5.41) is 6.91. The molecule has 1 aromatic heterocycles. The fraction of sp³-hybridized carbons (Fsp3) is 0.812. The van der Waals surface area contributed by atoms with E-state index in [1.807, 2.05) is 0 Å². The van der Waals surface area contributed by atoms with Gasteiger partial charge in [0.2, 0.25) is 0 Å². The number of methoxy groups -OCH3 is 1. The third-order valence-electron chi connectivity index (χ3n) is 3.18. The zero-order chi connectivity index (χ0) is 15.7. The Morgan fingerprint density at radius 3 is 2.67 bits per heavy atom. The Bertz CT molecular complexity index is 388. The lowest BCUT2D eigenvalue weighted by Crippen LogP contribution is -2.36. The van der Waals surface area contributed by atoms with E-state index in [0.29, 0.717) is 25.9 Å². The molecule has 0 saturated heterocycles. The molecule has 0 radical (unpaired) electrons. The average molecular weight is 314 g/mol. The molecule has 1 heterocycles. The monoisotopic (exact) mass is 314 g/mol. The minimum Gasteiger partial charge on any atom is -0.382 e. The van der Waals surface area contributed by atoms with E-state index in [4.69, 9.17) is 14.5 Å². The van der Waals surface area contributed by atoms with Crippen molar-refractivity contribution in [2.75, 3.05) is 33.5 Å². The van der Waals surface area contributed by atoms with Gasteiger partial charge in [-0.15, -0.1) is 11.3 Å². The van der Waals surface area contributed by atoms with Crippen LogP contribution in [-0.4, -0.2) is 44.5 Å². The van der Waals surface area contributed by atoms with Gasteiger partial charge in [-0.2, -0.15) is 0 Å². The number of hydrogen-bond acceptors (Lipinski definition) is 5. The second kappa shape index (κ2) is 9.51. The molecular weight excluding hydrogens is 284 g/mol. The molecular formula is C16H30N2O2S. The van der Waals surface area contributed by atoms with Crippen molar-refractivity contribution in [3.05, 3.63) is 16.1 Å². The molecule has 0 aliphatic heterocycles. The van der Waals surface area contributed by atoms with Crippen LogP contribution in [0.2, 0.25) is 0 Å². The summed E-state index contributed by atoms with van der Waals surface area (Å²) < 4.78 is 10.7. The number of nitrogens with one attached hydrogen (secondary N) is 1. The van der Waals surface area contributed by atoms with Crippen molar-refractivity contribution >= 4 is 11.3 Å². The first kappa shape index (κ1) is 18.6. The van der Waals surface area contributed by atoms with Crippen LogP contribution in [0.15, 0.2) is 5.38 Å². The highest BCUT2D eigenvalue weighted by molar-refractivity contribution is 7.09. The highest BCUT2D eigenvalue weighted by Gasteiger charge is 2.19.